The van der Waals surface area contributed by atoms with Crippen molar-refractivity contribution in [1.82, 2.24) is 0 Å². The van der Waals surface area contributed by atoms with Gasteiger partial charge in [0.25, 0.3) is 0 Å². The molecule has 0 heterocycles. The van der Waals surface area contributed by atoms with Crippen molar-refractivity contribution in [2.24, 2.45) is 5.14 Å². The monoisotopic (exact) mass is 171 g/mol. The van der Waals surface area contributed by atoms with Crippen LogP contribution in [0.5, 0.6) is 0 Å². The summed E-state index contributed by atoms with van der Waals surface area (Å²) in [7, 11) is -3.46. The first-order valence-electron chi connectivity index (χ1n) is 3.14. The van der Waals surface area contributed by atoms with Crippen molar-refractivity contribution in [2.45, 2.75) is 5.25 Å². The average molecular weight is 171 g/mol. The van der Waals surface area contributed by atoms with Crippen LogP contribution in [0.3, 0.4) is 0 Å². The molecule has 1 rings (SSSR count). The van der Waals surface area contributed by atoms with Crippen LogP contribution in [0.25, 0.3) is 0 Å². The van der Waals surface area contributed by atoms with Gasteiger partial charge in [0, 0.05) is 0 Å². The Morgan fingerprint density at radius 3 is 1.82 bits per heavy atom. The molecule has 0 aromatic heterocycles. The van der Waals surface area contributed by atoms with Crippen LogP contribution in [0.2, 0.25) is 0 Å². The van der Waals surface area contributed by atoms with Crippen LogP contribution < -0.4 is 5.14 Å². The van der Waals surface area contributed by atoms with E-state index in [1.165, 1.54) is 12.2 Å². The molecular weight excluding hydrogens is 162 g/mol. The van der Waals surface area contributed by atoms with Crippen molar-refractivity contribution in [2.75, 3.05) is 0 Å². The maximum Gasteiger partial charge on any atom is 0.219 e. The Kier molecular flexibility index (Phi) is 2.26. The minimum atomic E-state index is -3.46. The van der Waals surface area contributed by atoms with Gasteiger partial charge >= 0.3 is 0 Å². The zero-order valence-electron chi connectivity index (χ0n) is 5.84. The lowest BCUT2D eigenvalue weighted by molar-refractivity contribution is 0.596. The topological polar surface area (TPSA) is 60.2 Å². The molecule has 3 nitrogen and oxygen atoms in total. The average Bonchev–Trinajstić information content (AvgIpc) is 2.10. The third-order valence-corrected chi connectivity index (χ3v) is 2.39. The smallest absolute Gasteiger partial charge is 0.219 e. The summed E-state index contributed by atoms with van der Waals surface area (Å²) in [4.78, 5) is 0. The Bertz CT molecular complexity index is 295. The molecule has 60 valence electrons. The summed E-state index contributed by atoms with van der Waals surface area (Å²) in [6, 6.07) is 0. The van der Waals surface area contributed by atoms with Gasteiger partial charge in [0.05, 0.1) is 0 Å². The SMILES string of the molecule is NS(=O)(=O)C1C=CC=CC=C1. The molecule has 0 bridgehead atoms. The summed E-state index contributed by atoms with van der Waals surface area (Å²) in [6.07, 6.45) is 9.90. The third-order valence-electron chi connectivity index (χ3n) is 1.31. The lowest BCUT2D eigenvalue weighted by Crippen LogP contribution is -2.24. The van der Waals surface area contributed by atoms with Crippen molar-refractivity contribution in [1.29, 1.82) is 0 Å². The van der Waals surface area contributed by atoms with E-state index in [2.05, 4.69) is 0 Å². The predicted octanol–water partition coefficient (Wildman–Crippen LogP) is 0.326. The Morgan fingerprint density at radius 2 is 1.45 bits per heavy atom. The highest BCUT2D eigenvalue weighted by molar-refractivity contribution is 7.90. The van der Waals surface area contributed by atoms with Crippen LogP contribution >= 0.6 is 0 Å². The van der Waals surface area contributed by atoms with Crippen molar-refractivity contribution in [3.8, 4) is 0 Å². The van der Waals surface area contributed by atoms with E-state index < -0.39 is 15.3 Å². The quantitative estimate of drug-likeness (QED) is 0.618. The van der Waals surface area contributed by atoms with Gasteiger partial charge in [-0.2, -0.15) is 0 Å². The first-order valence-corrected chi connectivity index (χ1v) is 4.75. The maximum absolute atomic E-state index is 10.8. The van der Waals surface area contributed by atoms with E-state index in [1.807, 2.05) is 0 Å². The Morgan fingerprint density at radius 1 is 1.00 bits per heavy atom. The first-order chi connectivity index (χ1) is 5.11. The molecule has 0 unspecified atom stereocenters. The van der Waals surface area contributed by atoms with Crippen LogP contribution in [-0.2, 0) is 10.0 Å². The van der Waals surface area contributed by atoms with Crippen LogP contribution in [0.15, 0.2) is 36.5 Å². The van der Waals surface area contributed by atoms with Crippen molar-refractivity contribution in [3.63, 3.8) is 0 Å². The maximum atomic E-state index is 10.8. The van der Waals surface area contributed by atoms with Gasteiger partial charge in [-0.25, -0.2) is 13.6 Å². The van der Waals surface area contributed by atoms with Crippen LogP contribution in [0.1, 0.15) is 0 Å². The molecule has 2 N–H and O–H groups in total. The molecule has 11 heavy (non-hydrogen) atoms. The van der Waals surface area contributed by atoms with Gasteiger partial charge in [-0.15, -0.1) is 0 Å². The fourth-order valence-corrected chi connectivity index (χ4v) is 1.38. The molecule has 0 aliphatic heterocycles. The number of primary sulfonamides is 1. The summed E-state index contributed by atoms with van der Waals surface area (Å²) in [5.41, 5.74) is 0. The molecule has 1 aliphatic carbocycles. The van der Waals surface area contributed by atoms with E-state index in [0.717, 1.165) is 0 Å². The van der Waals surface area contributed by atoms with Crippen molar-refractivity contribution in [3.05, 3.63) is 36.5 Å². The minimum absolute atomic E-state index is 0.683. The van der Waals surface area contributed by atoms with E-state index in [-0.39, 0.29) is 0 Å². The molecule has 0 saturated carbocycles. The summed E-state index contributed by atoms with van der Waals surface area (Å²) in [5, 5.41) is 4.24. The first kappa shape index (κ1) is 8.23. The van der Waals surface area contributed by atoms with E-state index in [1.54, 1.807) is 24.3 Å². The van der Waals surface area contributed by atoms with Crippen LogP contribution in [0, 0.1) is 0 Å². The molecule has 0 fully saturated rings. The summed E-state index contributed by atoms with van der Waals surface area (Å²) >= 11 is 0. The Hall–Kier alpha value is -0.870. The minimum Gasteiger partial charge on any atom is -0.228 e. The Labute approximate surface area is 66.0 Å². The van der Waals surface area contributed by atoms with Gasteiger partial charge < -0.3 is 0 Å². The van der Waals surface area contributed by atoms with E-state index in [0.29, 0.717) is 0 Å². The summed E-state index contributed by atoms with van der Waals surface area (Å²) in [5.74, 6) is 0. The Balaban J connectivity index is 2.93. The fourth-order valence-electron chi connectivity index (χ4n) is 0.759. The van der Waals surface area contributed by atoms with Crippen LogP contribution in [-0.4, -0.2) is 13.7 Å². The highest BCUT2D eigenvalue weighted by Crippen LogP contribution is 2.03. The van der Waals surface area contributed by atoms with Gasteiger partial charge in [-0.05, 0) is 0 Å². The molecular formula is C7H9NO2S. The largest absolute Gasteiger partial charge is 0.228 e. The molecule has 0 spiro atoms. The third kappa shape index (κ3) is 2.32. The number of nitrogens with two attached hydrogens (primary N) is 1. The van der Waals surface area contributed by atoms with Crippen molar-refractivity contribution < 1.29 is 8.42 Å². The van der Waals surface area contributed by atoms with Gasteiger partial charge in [0.15, 0.2) is 0 Å². The van der Waals surface area contributed by atoms with Crippen LogP contribution in [0.4, 0.5) is 0 Å². The lowest BCUT2D eigenvalue weighted by atomic mass is 10.4. The summed E-state index contributed by atoms with van der Waals surface area (Å²) in [6.45, 7) is 0. The molecule has 0 amide bonds. The second-order valence-electron chi connectivity index (χ2n) is 2.21. The second kappa shape index (κ2) is 3.02. The zero-order valence-corrected chi connectivity index (χ0v) is 6.66. The van der Waals surface area contributed by atoms with Gasteiger partial charge in [-0.3, -0.25) is 0 Å². The van der Waals surface area contributed by atoms with E-state index in [4.69, 9.17) is 5.14 Å². The number of allylic oxidation sites excluding steroid dienone is 4. The number of rotatable bonds is 1. The van der Waals surface area contributed by atoms with Crippen molar-refractivity contribution >= 4 is 10.0 Å². The standard InChI is InChI=1S/C7H9NO2S/c8-11(9,10)7-5-3-1-2-4-6-7/h1-7H,(H2,8,9,10). The predicted molar refractivity (Wildman–Crippen MR) is 44.3 cm³/mol. The molecule has 0 aromatic rings. The number of hydrogen-bond donors (Lipinski definition) is 1. The van der Waals surface area contributed by atoms with Gasteiger partial charge in [0.1, 0.15) is 5.25 Å². The normalized spacial score (nSPS) is 18.6. The highest BCUT2D eigenvalue weighted by Gasteiger charge is 2.13. The van der Waals surface area contributed by atoms with Gasteiger partial charge in [0.2, 0.25) is 10.0 Å². The number of hydrogen-bond acceptors (Lipinski definition) is 2. The highest BCUT2D eigenvalue weighted by atomic mass is 32.2. The van der Waals surface area contributed by atoms with Gasteiger partial charge in [-0.1, -0.05) is 36.5 Å². The zero-order chi connectivity index (χ0) is 8.32. The molecule has 4 heteroatoms. The molecule has 1 aliphatic rings. The lowest BCUT2D eigenvalue weighted by Gasteiger charge is -2.01. The fraction of sp³-hybridized carbons (Fsp3) is 0.143. The van der Waals surface area contributed by atoms with E-state index in [9.17, 15) is 8.42 Å². The molecule has 0 radical (unpaired) electrons. The molecule has 0 aromatic carbocycles. The second-order valence-corrected chi connectivity index (χ2v) is 3.93. The summed E-state index contributed by atoms with van der Waals surface area (Å²) < 4.78 is 21.6. The molecule has 0 atom stereocenters. The molecule has 0 saturated heterocycles. The van der Waals surface area contributed by atoms with E-state index >= 15 is 0 Å². The number of sulfonamides is 1.